The van der Waals surface area contributed by atoms with E-state index >= 15 is 0 Å². The molecular weight excluding hydrogens is 528 g/mol. The first-order valence-corrected chi connectivity index (χ1v) is 15.9. The largest absolute Gasteiger partial charge is 0.508 e. The second-order valence-electron chi connectivity index (χ2n) is 11.3. The van der Waals surface area contributed by atoms with Gasteiger partial charge in [0.15, 0.2) is 0 Å². The third-order valence-corrected chi connectivity index (χ3v) is 7.76. The number of carbonyl (C=O) groups excluding carboxylic acids is 1. The molecule has 0 aliphatic carbocycles. The van der Waals surface area contributed by atoms with Gasteiger partial charge in [-0.25, -0.2) is 4.79 Å². The fourth-order valence-corrected chi connectivity index (χ4v) is 5.14. The molecular formula is C32H54O9. The monoisotopic (exact) mass is 582 g/mol. The molecule has 2 rings (SSSR count). The summed E-state index contributed by atoms with van der Waals surface area (Å²) >= 11 is 0. The first kappa shape index (κ1) is 35.3. The van der Waals surface area contributed by atoms with E-state index in [1.165, 1.54) is 108 Å². The zero-order chi connectivity index (χ0) is 29.9. The van der Waals surface area contributed by atoms with E-state index in [4.69, 9.17) is 14.2 Å². The number of benzene rings is 1. The fourth-order valence-electron chi connectivity index (χ4n) is 5.14. The number of unbranched alkanes of at least 4 members (excludes halogenated alkanes) is 16. The summed E-state index contributed by atoms with van der Waals surface area (Å²) in [6.45, 7) is 1.89. The Labute approximate surface area is 245 Å². The molecule has 5 N–H and O–H groups in total. The van der Waals surface area contributed by atoms with Gasteiger partial charge in [0.2, 0.25) is 6.29 Å². The van der Waals surface area contributed by atoms with E-state index in [2.05, 4.69) is 6.92 Å². The third-order valence-electron chi connectivity index (χ3n) is 7.76. The second kappa shape index (κ2) is 20.9. The van der Waals surface area contributed by atoms with Gasteiger partial charge in [0.25, 0.3) is 0 Å². The lowest BCUT2D eigenvalue weighted by atomic mass is 9.99. The maximum Gasteiger partial charge on any atom is 0.342 e. The normalized spacial score (nSPS) is 22.5. The minimum absolute atomic E-state index is 0.0282. The molecule has 0 spiro atoms. The van der Waals surface area contributed by atoms with Gasteiger partial charge in [-0.1, -0.05) is 110 Å². The minimum Gasteiger partial charge on any atom is -0.508 e. The van der Waals surface area contributed by atoms with Crippen LogP contribution < -0.4 is 4.74 Å². The average Bonchev–Trinajstić information content (AvgIpc) is 2.97. The molecule has 41 heavy (non-hydrogen) atoms. The van der Waals surface area contributed by atoms with Gasteiger partial charge in [-0.3, -0.25) is 0 Å². The fraction of sp³-hybridized carbons (Fsp3) is 0.781. The molecule has 1 heterocycles. The smallest absolute Gasteiger partial charge is 0.342 e. The minimum atomic E-state index is -1.62. The lowest BCUT2D eigenvalue weighted by Crippen LogP contribution is -2.60. The van der Waals surface area contributed by atoms with E-state index < -0.39 is 43.3 Å². The molecule has 1 aromatic carbocycles. The maximum atomic E-state index is 12.7. The number of aliphatic hydroxyl groups is 4. The Balaban J connectivity index is 1.57. The van der Waals surface area contributed by atoms with Crippen molar-refractivity contribution >= 4 is 5.97 Å². The molecule has 236 valence electrons. The highest BCUT2D eigenvalue weighted by Gasteiger charge is 2.45. The van der Waals surface area contributed by atoms with Crippen LogP contribution in [0.1, 0.15) is 126 Å². The van der Waals surface area contributed by atoms with E-state index in [0.717, 1.165) is 19.3 Å². The molecule has 0 aromatic heterocycles. The van der Waals surface area contributed by atoms with Crippen LogP contribution >= 0.6 is 0 Å². The Kier molecular flexibility index (Phi) is 18.0. The number of esters is 1. The Morgan fingerprint density at radius 1 is 0.756 bits per heavy atom. The SMILES string of the molecule is CCCCCCCCCCCCCCCCCCCOC(=O)c1cc(O)ccc1O[C@@H]1O[C@H](CO)[C@@H](O)[C@H](O)[C@H]1O. The molecule has 0 radical (unpaired) electrons. The van der Waals surface area contributed by atoms with E-state index in [1.54, 1.807) is 0 Å². The summed E-state index contributed by atoms with van der Waals surface area (Å²) < 4.78 is 16.3. The molecule has 1 aromatic rings. The van der Waals surface area contributed by atoms with Crippen LogP contribution in [0.2, 0.25) is 0 Å². The van der Waals surface area contributed by atoms with Crippen molar-refractivity contribution in [1.29, 1.82) is 0 Å². The van der Waals surface area contributed by atoms with Gasteiger partial charge in [-0.15, -0.1) is 0 Å². The first-order chi connectivity index (χ1) is 19.9. The van der Waals surface area contributed by atoms with Gasteiger partial charge in [0, 0.05) is 0 Å². The van der Waals surface area contributed by atoms with Crippen molar-refractivity contribution in [2.75, 3.05) is 13.2 Å². The summed E-state index contributed by atoms with van der Waals surface area (Å²) in [5, 5.41) is 49.4. The topological polar surface area (TPSA) is 146 Å². The zero-order valence-electron chi connectivity index (χ0n) is 24.9. The Bertz CT molecular complexity index is 831. The van der Waals surface area contributed by atoms with Gasteiger partial charge in [-0.05, 0) is 24.6 Å². The van der Waals surface area contributed by atoms with Gasteiger partial charge in [0.1, 0.15) is 41.5 Å². The Hall–Kier alpha value is -1.91. The van der Waals surface area contributed by atoms with E-state index in [1.807, 2.05) is 0 Å². The number of carbonyl (C=O) groups is 1. The number of rotatable bonds is 22. The van der Waals surface area contributed by atoms with Gasteiger partial charge >= 0.3 is 5.97 Å². The molecule has 5 atom stereocenters. The van der Waals surface area contributed by atoms with Crippen LogP contribution in [-0.4, -0.2) is 75.4 Å². The Morgan fingerprint density at radius 2 is 1.27 bits per heavy atom. The molecule has 0 saturated carbocycles. The number of phenols is 1. The highest BCUT2D eigenvalue weighted by atomic mass is 16.7. The maximum absolute atomic E-state index is 12.7. The molecule has 0 unspecified atom stereocenters. The van der Waals surface area contributed by atoms with Crippen molar-refractivity contribution < 1.29 is 44.5 Å². The van der Waals surface area contributed by atoms with Crippen LogP contribution in [0.4, 0.5) is 0 Å². The van der Waals surface area contributed by atoms with Crippen molar-refractivity contribution in [3.8, 4) is 11.5 Å². The molecule has 0 bridgehead atoms. The van der Waals surface area contributed by atoms with Crippen molar-refractivity contribution in [3.63, 3.8) is 0 Å². The summed E-state index contributed by atoms with van der Waals surface area (Å²) in [5.41, 5.74) is -0.0612. The standard InChI is InChI=1S/C32H54O9/c1-2-3-4-5-6-7-8-9-10-11-12-13-14-15-16-17-18-21-39-31(38)25-22-24(34)19-20-26(25)40-32-30(37)29(36)28(35)27(23-33)41-32/h19-20,22,27-30,32-37H,2-18,21,23H2,1H3/t27-,28-,29+,30-,32-/m1/s1. The summed E-state index contributed by atoms with van der Waals surface area (Å²) in [4.78, 5) is 12.7. The third kappa shape index (κ3) is 13.3. The Morgan fingerprint density at radius 3 is 1.78 bits per heavy atom. The van der Waals surface area contributed by atoms with Crippen molar-refractivity contribution in [2.45, 2.75) is 147 Å². The number of aromatic hydroxyl groups is 1. The van der Waals surface area contributed by atoms with Crippen molar-refractivity contribution in [1.82, 2.24) is 0 Å². The van der Waals surface area contributed by atoms with E-state index in [0.29, 0.717) is 0 Å². The molecule has 9 nitrogen and oxygen atoms in total. The van der Waals surface area contributed by atoms with Crippen LogP contribution in [0.15, 0.2) is 18.2 Å². The zero-order valence-corrected chi connectivity index (χ0v) is 24.9. The van der Waals surface area contributed by atoms with Gasteiger partial charge in [0.05, 0.1) is 13.2 Å². The molecule has 9 heteroatoms. The second-order valence-corrected chi connectivity index (χ2v) is 11.3. The van der Waals surface area contributed by atoms with Crippen LogP contribution in [-0.2, 0) is 9.47 Å². The van der Waals surface area contributed by atoms with Crippen LogP contribution in [0, 0.1) is 0 Å². The number of ether oxygens (including phenoxy) is 3. The number of hydrogen-bond acceptors (Lipinski definition) is 9. The molecule has 1 fully saturated rings. The van der Waals surface area contributed by atoms with E-state index in [-0.39, 0.29) is 23.7 Å². The number of hydrogen-bond donors (Lipinski definition) is 5. The van der Waals surface area contributed by atoms with Crippen molar-refractivity contribution in [3.05, 3.63) is 23.8 Å². The molecule has 1 aliphatic rings. The number of aliphatic hydroxyl groups excluding tert-OH is 4. The van der Waals surface area contributed by atoms with Crippen LogP contribution in [0.5, 0.6) is 11.5 Å². The van der Waals surface area contributed by atoms with Gasteiger partial charge < -0.3 is 39.7 Å². The summed E-state index contributed by atoms with van der Waals surface area (Å²) in [7, 11) is 0. The number of phenolic OH excluding ortho intramolecular Hbond substituents is 1. The van der Waals surface area contributed by atoms with E-state index in [9.17, 15) is 30.3 Å². The lowest BCUT2D eigenvalue weighted by Gasteiger charge is -2.39. The highest BCUT2D eigenvalue weighted by Crippen LogP contribution is 2.29. The predicted octanol–water partition coefficient (Wildman–Crippen LogP) is 5.38. The summed E-state index contributed by atoms with van der Waals surface area (Å²) in [6, 6.07) is 3.81. The summed E-state index contributed by atoms with van der Waals surface area (Å²) in [6.07, 6.45) is 14.1. The predicted molar refractivity (Wildman–Crippen MR) is 157 cm³/mol. The highest BCUT2D eigenvalue weighted by molar-refractivity contribution is 5.93. The quantitative estimate of drug-likeness (QED) is 0.0898. The lowest BCUT2D eigenvalue weighted by molar-refractivity contribution is -0.277. The van der Waals surface area contributed by atoms with Crippen LogP contribution in [0.3, 0.4) is 0 Å². The molecule has 0 amide bonds. The van der Waals surface area contributed by atoms with Crippen LogP contribution in [0.25, 0.3) is 0 Å². The molecule has 1 aliphatic heterocycles. The first-order valence-electron chi connectivity index (χ1n) is 15.9. The molecule has 1 saturated heterocycles. The summed E-state index contributed by atoms with van der Waals surface area (Å²) in [5.74, 6) is -0.896. The van der Waals surface area contributed by atoms with Crippen molar-refractivity contribution in [2.24, 2.45) is 0 Å². The van der Waals surface area contributed by atoms with Gasteiger partial charge in [-0.2, -0.15) is 0 Å². The average molecular weight is 583 g/mol.